The molecule has 0 aliphatic carbocycles. The van der Waals surface area contributed by atoms with Gasteiger partial charge in [-0.3, -0.25) is 4.98 Å². The third kappa shape index (κ3) is 5.21. The highest BCUT2D eigenvalue weighted by Crippen LogP contribution is 2.22. The van der Waals surface area contributed by atoms with Gasteiger partial charge in [-0.25, -0.2) is 4.68 Å². The lowest BCUT2D eigenvalue weighted by molar-refractivity contribution is 0.00370. The number of pyridine rings is 1. The minimum absolute atomic E-state index is 0.248. The Morgan fingerprint density at radius 1 is 1.21 bits per heavy atom. The zero-order chi connectivity index (χ0) is 19.9. The van der Waals surface area contributed by atoms with Crippen molar-refractivity contribution in [2.24, 2.45) is 0 Å². The van der Waals surface area contributed by atoms with E-state index in [1.165, 1.54) is 6.42 Å². The Morgan fingerprint density at radius 3 is 2.90 bits per heavy atom. The lowest BCUT2D eigenvalue weighted by Crippen LogP contribution is -2.24. The fraction of sp³-hybridized carbons (Fsp3) is 0.348. The fourth-order valence-corrected chi connectivity index (χ4v) is 3.46. The minimum Gasteiger partial charge on any atom is -0.376 e. The van der Waals surface area contributed by atoms with E-state index >= 15 is 0 Å². The molecule has 1 aliphatic heterocycles. The molecule has 3 aromatic rings. The maximum absolute atomic E-state index is 5.80. The number of nitrogens with zero attached hydrogens (tertiary/aromatic N) is 4. The Bertz CT molecular complexity index is 997. The molecule has 0 bridgehead atoms. The molecule has 1 aromatic carbocycles. The third-order valence-corrected chi connectivity index (χ3v) is 5.00. The molecular formula is C23H25N5O. The number of hydrogen-bond acceptors (Lipinski definition) is 5. The van der Waals surface area contributed by atoms with Gasteiger partial charge in [0.1, 0.15) is 5.69 Å². The Balaban J connectivity index is 1.38. The van der Waals surface area contributed by atoms with Gasteiger partial charge in [0.25, 0.3) is 0 Å². The van der Waals surface area contributed by atoms with Crippen molar-refractivity contribution in [3.05, 3.63) is 60.0 Å². The number of hydrogen-bond donors (Lipinski definition) is 1. The molecular weight excluding hydrogens is 362 g/mol. The first kappa shape index (κ1) is 19.2. The Hall–Kier alpha value is -3.17. The van der Waals surface area contributed by atoms with Crippen LogP contribution in [0.4, 0.5) is 5.69 Å². The highest BCUT2D eigenvalue weighted by atomic mass is 16.5. The molecule has 6 heteroatoms. The van der Waals surface area contributed by atoms with Crippen LogP contribution in [-0.2, 0) is 11.3 Å². The van der Waals surface area contributed by atoms with E-state index in [4.69, 9.17) is 4.74 Å². The normalized spacial score (nSPS) is 16.1. The van der Waals surface area contributed by atoms with Crippen LogP contribution in [0.3, 0.4) is 0 Å². The van der Waals surface area contributed by atoms with Gasteiger partial charge in [-0.05, 0) is 56.0 Å². The topological polar surface area (TPSA) is 64.9 Å². The average Bonchev–Trinajstić information content (AvgIpc) is 3.21. The first-order chi connectivity index (χ1) is 14.3. The van der Waals surface area contributed by atoms with Gasteiger partial charge < -0.3 is 10.1 Å². The summed E-state index contributed by atoms with van der Waals surface area (Å²) in [5.74, 6) is 6.37. The molecule has 29 heavy (non-hydrogen) atoms. The smallest absolute Gasteiger partial charge is 0.113 e. The summed E-state index contributed by atoms with van der Waals surface area (Å²) in [7, 11) is 0. The van der Waals surface area contributed by atoms with E-state index in [1.807, 2.05) is 29.1 Å². The molecule has 3 heterocycles. The number of rotatable bonds is 5. The van der Waals surface area contributed by atoms with Gasteiger partial charge in [0.15, 0.2) is 0 Å². The van der Waals surface area contributed by atoms with E-state index in [9.17, 15) is 0 Å². The van der Waals surface area contributed by atoms with E-state index in [-0.39, 0.29) is 6.10 Å². The van der Waals surface area contributed by atoms with Gasteiger partial charge in [0, 0.05) is 35.8 Å². The number of aryl methyl sites for hydroxylation is 1. The second-order valence-electron chi connectivity index (χ2n) is 7.24. The second-order valence-corrected chi connectivity index (χ2v) is 7.24. The number of nitrogens with one attached hydrogen (secondary N) is 1. The third-order valence-electron chi connectivity index (χ3n) is 5.00. The van der Waals surface area contributed by atoms with Gasteiger partial charge >= 0.3 is 0 Å². The highest BCUT2D eigenvalue weighted by molar-refractivity contribution is 5.64. The van der Waals surface area contributed by atoms with Crippen molar-refractivity contribution < 1.29 is 4.74 Å². The van der Waals surface area contributed by atoms with E-state index in [1.54, 1.807) is 12.4 Å². The summed E-state index contributed by atoms with van der Waals surface area (Å²) in [6.07, 6.45) is 9.26. The predicted molar refractivity (Wildman–Crippen MR) is 113 cm³/mol. The van der Waals surface area contributed by atoms with Crippen LogP contribution >= 0.6 is 0 Å². The van der Waals surface area contributed by atoms with Crippen LogP contribution in [0.25, 0.3) is 11.3 Å². The van der Waals surface area contributed by atoms with Crippen molar-refractivity contribution in [1.29, 1.82) is 0 Å². The minimum atomic E-state index is 0.248. The maximum Gasteiger partial charge on any atom is 0.113 e. The molecule has 1 aliphatic rings. The number of aromatic nitrogens is 4. The van der Waals surface area contributed by atoms with Gasteiger partial charge in [-0.1, -0.05) is 23.1 Å². The maximum atomic E-state index is 5.80. The van der Waals surface area contributed by atoms with Crippen molar-refractivity contribution in [2.75, 3.05) is 18.5 Å². The van der Waals surface area contributed by atoms with E-state index in [0.29, 0.717) is 6.54 Å². The van der Waals surface area contributed by atoms with Crippen LogP contribution in [0, 0.1) is 18.8 Å². The van der Waals surface area contributed by atoms with Crippen molar-refractivity contribution >= 4 is 5.69 Å². The first-order valence-electron chi connectivity index (χ1n) is 10.0. The zero-order valence-corrected chi connectivity index (χ0v) is 16.6. The van der Waals surface area contributed by atoms with Crippen LogP contribution in [0.1, 0.15) is 30.4 Å². The monoisotopic (exact) mass is 387 g/mol. The van der Waals surface area contributed by atoms with Crippen LogP contribution < -0.4 is 5.32 Å². The van der Waals surface area contributed by atoms with Crippen LogP contribution in [0.2, 0.25) is 0 Å². The summed E-state index contributed by atoms with van der Waals surface area (Å²) >= 11 is 0. The summed E-state index contributed by atoms with van der Waals surface area (Å²) in [6, 6.07) is 10.0. The molecule has 1 atom stereocenters. The largest absolute Gasteiger partial charge is 0.376 e. The summed E-state index contributed by atoms with van der Waals surface area (Å²) in [4.78, 5) is 4.00. The van der Waals surface area contributed by atoms with Crippen LogP contribution in [0.15, 0.2) is 48.9 Å². The lowest BCUT2D eigenvalue weighted by atomic mass is 10.0. The molecule has 0 radical (unpaired) electrons. The lowest BCUT2D eigenvalue weighted by Gasteiger charge is -2.21. The molecule has 6 nitrogen and oxygen atoms in total. The van der Waals surface area contributed by atoms with Crippen molar-refractivity contribution in [1.82, 2.24) is 20.0 Å². The zero-order valence-electron chi connectivity index (χ0n) is 16.6. The van der Waals surface area contributed by atoms with Crippen LogP contribution in [0.5, 0.6) is 0 Å². The SMILES string of the molecule is Cc1cc(C#CCNc2ccncc2)ccc1-c1cn(CC2CCCCO2)nn1. The van der Waals surface area contributed by atoms with E-state index < -0.39 is 0 Å². The Labute approximate surface area is 171 Å². The summed E-state index contributed by atoms with van der Waals surface area (Å²) in [5, 5.41) is 11.9. The summed E-state index contributed by atoms with van der Waals surface area (Å²) < 4.78 is 7.69. The van der Waals surface area contributed by atoms with Gasteiger partial charge in [0.2, 0.25) is 0 Å². The highest BCUT2D eigenvalue weighted by Gasteiger charge is 2.16. The molecule has 0 amide bonds. The van der Waals surface area contributed by atoms with Crippen molar-refractivity contribution in [3.63, 3.8) is 0 Å². The van der Waals surface area contributed by atoms with Crippen molar-refractivity contribution in [2.45, 2.75) is 38.8 Å². The quantitative estimate of drug-likeness (QED) is 0.677. The molecule has 1 N–H and O–H groups in total. The van der Waals surface area contributed by atoms with Crippen molar-refractivity contribution in [3.8, 4) is 23.1 Å². The molecule has 0 saturated carbocycles. The van der Waals surface area contributed by atoms with Gasteiger partial charge in [-0.15, -0.1) is 5.10 Å². The average molecular weight is 387 g/mol. The van der Waals surface area contributed by atoms with Crippen LogP contribution in [-0.4, -0.2) is 39.2 Å². The first-order valence-corrected chi connectivity index (χ1v) is 10.0. The number of anilines is 1. The second kappa shape index (κ2) is 9.35. The predicted octanol–water partition coefficient (Wildman–Crippen LogP) is 3.68. The molecule has 1 unspecified atom stereocenters. The number of benzene rings is 1. The van der Waals surface area contributed by atoms with E-state index in [2.05, 4.69) is 51.5 Å². The Kier molecular flexibility index (Phi) is 6.18. The standard InChI is InChI=1S/C23H25N5O/c1-18-15-19(5-4-11-25-20-9-12-24-13-10-20)7-8-22(18)23-17-28(27-26-23)16-21-6-2-3-14-29-21/h7-10,12-13,15,17,21H,2-3,6,11,14,16H2,1H3,(H,24,25). The molecule has 4 rings (SSSR count). The Morgan fingerprint density at radius 2 is 2.10 bits per heavy atom. The summed E-state index contributed by atoms with van der Waals surface area (Å²) in [5.41, 5.74) is 5.12. The van der Waals surface area contributed by atoms with Gasteiger partial charge in [-0.2, -0.15) is 0 Å². The summed E-state index contributed by atoms with van der Waals surface area (Å²) in [6.45, 7) is 4.29. The molecule has 148 valence electrons. The molecule has 1 fully saturated rings. The van der Waals surface area contributed by atoms with Gasteiger partial charge in [0.05, 0.1) is 25.4 Å². The molecule has 0 spiro atoms. The number of ether oxygens (including phenoxy) is 1. The molecule has 2 aromatic heterocycles. The van der Waals surface area contributed by atoms with E-state index in [0.717, 1.165) is 54.1 Å². The molecule has 1 saturated heterocycles. The fourth-order valence-electron chi connectivity index (χ4n) is 3.46.